The van der Waals surface area contributed by atoms with Gasteiger partial charge in [0.25, 0.3) is 11.8 Å². The van der Waals surface area contributed by atoms with Gasteiger partial charge in [0.2, 0.25) is 5.91 Å². The topological polar surface area (TPSA) is 95.9 Å². The average molecular weight is 492 g/mol. The van der Waals surface area contributed by atoms with E-state index in [2.05, 4.69) is 5.32 Å². The van der Waals surface area contributed by atoms with Gasteiger partial charge in [-0.1, -0.05) is 48.5 Å². The van der Waals surface area contributed by atoms with Crippen molar-refractivity contribution in [1.29, 1.82) is 0 Å². The number of likely N-dealkylation sites (tertiary alicyclic amines) is 1. The predicted molar refractivity (Wildman–Crippen MR) is 126 cm³/mol. The van der Waals surface area contributed by atoms with Crippen LogP contribution >= 0.6 is 0 Å². The van der Waals surface area contributed by atoms with Crippen molar-refractivity contribution in [3.8, 4) is 16.9 Å². The Bertz CT molecular complexity index is 1350. The molecule has 3 aromatic carbocycles. The predicted octanol–water partition coefficient (Wildman–Crippen LogP) is 3.67. The summed E-state index contributed by atoms with van der Waals surface area (Å²) in [6.07, 6.45) is -0.394. The molecule has 36 heavy (non-hydrogen) atoms. The van der Waals surface area contributed by atoms with E-state index in [1.165, 1.54) is 35.2 Å². The van der Waals surface area contributed by atoms with Crippen LogP contribution in [0.1, 0.15) is 27.9 Å². The molecule has 0 saturated carbocycles. The van der Waals surface area contributed by atoms with Gasteiger partial charge in [-0.3, -0.25) is 9.59 Å². The first-order valence-corrected chi connectivity index (χ1v) is 11.4. The molecular weight excluding hydrogens is 470 g/mol. The Labute approximate surface area is 205 Å². The zero-order valence-corrected chi connectivity index (χ0v) is 19.0. The van der Waals surface area contributed by atoms with E-state index in [9.17, 15) is 28.3 Å². The summed E-state index contributed by atoms with van der Waals surface area (Å²) in [4.78, 5) is 38.5. The Hall–Kier alpha value is -4.27. The lowest BCUT2D eigenvalue weighted by Crippen LogP contribution is -2.45. The van der Waals surface area contributed by atoms with Crippen molar-refractivity contribution in [2.45, 2.75) is 24.5 Å². The number of fused-ring (bicyclic) bond motifs is 3. The first kappa shape index (κ1) is 23.5. The third kappa shape index (κ3) is 4.17. The number of carbonyl (C=O) groups excluding carboxylic acids is 2. The monoisotopic (exact) mass is 492 g/mol. The van der Waals surface area contributed by atoms with Gasteiger partial charge in [-0.05, 0) is 35.4 Å². The van der Waals surface area contributed by atoms with Gasteiger partial charge in [-0.15, -0.1) is 0 Å². The van der Waals surface area contributed by atoms with Crippen LogP contribution in [0.3, 0.4) is 0 Å². The summed E-state index contributed by atoms with van der Waals surface area (Å²) in [6, 6.07) is 17.8. The van der Waals surface area contributed by atoms with E-state index in [1.54, 1.807) is 36.4 Å². The fourth-order valence-electron chi connectivity index (χ4n) is 4.76. The van der Waals surface area contributed by atoms with Crippen molar-refractivity contribution in [1.82, 2.24) is 10.2 Å². The molecule has 0 unspecified atom stereocenters. The Morgan fingerprint density at radius 2 is 1.67 bits per heavy atom. The van der Waals surface area contributed by atoms with Crippen LogP contribution in [0.2, 0.25) is 0 Å². The molecular formula is C27H22F2N2O5. The third-order valence-electron chi connectivity index (χ3n) is 6.49. The Kier molecular flexibility index (Phi) is 5.91. The standard InChI is InChI=1S/C27H22F2N2O5/c28-27(29)21-9-5-4-8-19(21)20-12-16(10-11-22(20)27)25(33)30-14-24(32)31-15-18(13-23(31)26(34)35)36-17-6-2-1-3-7-17/h1-12,18,23H,13-15H2,(H,30,33)(H,34,35)/t18-,23+/m1/s1. The van der Waals surface area contributed by atoms with Crippen LogP contribution in [0.25, 0.3) is 11.1 Å². The van der Waals surface area contributed by atoms with E-state index in [1.807, 2.05) is 6.07 Å². The number of carboxylic acid groups (broad SMARTS) is 1. The first-order chi connectivity index (χ1) is 17.3. The van der Waals surface area contributed by atoms with Gasteiger partial charge in [0.1, 0.15) is 17.9 Å². The highest BCUT2D eigenvalue weighted by atomic mass is 19.3. The lowest BCUT2D eigenvalue weighted by atomic mass is 10.0. The molecule has 1 aliphatic carbocycles. The highest BCUT2D eigenvalue weighted by molar-refractivity contribution is 5.99. The van der Waals surface area contributed by atoms with Crippen molar-refractivity contribution in [2.24, 2.45) is 0 Å². The van der Waals surface area contributed by atoms with Crippen LogP contribution in [-0.2, 0) is 15.5 Å². The maximum absolute atomic E-state index is 14.8. The van der Waals surface area contributed by atoms with Gasteiger partial charge in [0.15, 0.2) is 0 Å². The number of nitrogens with zero attached hydrogens (tertiary/aromatic N) is 1. The summed E-state index contributed by atoms with van der Waals surface area (Å²) in [5.74, 6) is -4.95. The maximum Gasteiger partial charge on any atom is 0.326 e. The Morgan fingerprint density at radius 3 is 2.42 bits per heavy atom. The minimum absolute atomic E-state index is 0.0608. The summed E-state index contributed by atoms with van der Waals surface area (Å²) in [6.45, 7) is -0.379. The highest BCUT2D eigenvalue weighted by Crippen LogP contribution is 2.50. The van der Waals surface area contributed by atoms with E-state index >= 15 is 0 Å². The number of carbonyl (C=O) groups is 3. The average Bonchev–Trinajstić information content (AvgIpc) is 3.40. The molecule has 0 spiro atoms. The molecule has 184 valence electrons. The van der Waals surface area contributed by atoms with Gasteiger partial charge >= 0.3 is 5.97 Å². The van der Waals surface area contributed by atoms with Crippen molar-refractivity contribution in [3.05, 3.63) is 89.5 Å². The van der Waals surface area contributed by atoms with Crippen molar-refractivity contribution >= 4 is 17.8 Å². The van der Waals surface area contributed by atoms with Crippen molar-refractivity contribution in [3.63, 3.8) is 0 Å². The molecule has 9 heteroatoms. The van der Waals surface area contributed by atoms with E-state index < -0.39 is 42.4 Å². The third-order valence-corrected chi connectivity index (χ3v) is 6.49. The molecule has 0 radical (unpaired) electrons. The summed E-state index contributed by atoms with van der Waals surface area (Å²) in [5.41, 5.74) is 0.446. The van der Waals surface area contributed by atoms with Gasteiger partial charge in [-0.2, -0.15) is 8.78 Å². The molecule has 0 aromatic heterocycles. The Morgan fingerprint density at radius 1 is 0.972 bits per heavy atom. The van der Waals surface area contributed by atoms with Crippen LogP contribution < -0.4 is 10.1 Å². The van der Waals surface area contributed by atoms with E-state index in [0.29, 0.717) is 11.3 Å². The molecule has 2 atom stereocenters. The molecule has 2 amide bonds. The number of nitrogens with one attached hydrogen (secondary N) is 1. The molecule has 1 aliphatic heterocycles. The van der Waals surface area contributed by atoms with Gasteiger partial charge in [0, 0.05) is 23.1 Å². The smallest absolute Gasteiger partial charge is 0.326 e. The highest BCUT2D eigenvalue weighted by Gasteiger charge is 2.44. The van der Waals surface area contributed by atoms with Crippen LogP contribution in [0.5, 0.6) is 5.75 Å². The number of benzene rings is 3. The quantitative estimate of drug-likeness (QED) is 0.548. The minimum atomic E-state index is -3.16. The first-order valence-electron chi connectivity index (χ1n) is 11.4. The van der Waals surface area contributed by atoms with Gasteiger partial charge in [-0.25, -0.2) is 4.79 Å². The Balaban J connectivity index is 1.26. The van der Waals surface area contributed by atoms with Crippen LogP contribution in [0, 0.1) is 0 Å². The van der Waals surface area contributed by atoms with E-state index in [0.717, 1.165) is 0 Å². The fourth-order valence-corrected chi connectivity index (χ4v) is 4.76. The van der Waals surface area contributed by atoms with E-state index in [-0.39, 0.29) is 35.2 Å². The number of halogens is 2. The molecule has 1 heterocycles. The number of aliphatic carboxylic acids is 1. The lowest BCUT2D eigenvalue weighted by Gasteiger charge is -2.21. The number of hydrogen-bond donors (Lipinski definition) is 2. The molecule has 3 aromatic rings. The number of rotatable bonds is 6. The zero-order valence-electron chi connectivity index (χ0n) is 19.0. The summed E-state index contributed by atoms with van der Waals surface area (Å²) < 4.78 is 35.3. The second-order valence-electron chi connectivity index (χ2n) is 8.75. The molecule has 1 fully saturated rings. The fraction of sp³-hybridized carbons (Fsp3) is 0.222. The summed E-state index contributed by atoms with van der Waals surface area (Å²) in [5, 5.41) is 12.1. The van der Waals surface area contributed by atoms with Crippen LogP contribution in [0.4, 0.5) is 8.78 Å². The van der Waals surface area contributed by atoms with Gasteiger partial charge < -0.3 is 20.1 Å². The molecule has 1 saturated heterocycles. The summed E-state index contributed by atoms with van der Waals surface area (Å²) >= 11 is 0. The van der Waals surface area contributed by atoms with E-state index in [4.69, 9.17) is 4.74 Å². The normalized spacial score (nSPS) is 19.3. The van der Waals surface area contributed by atoms with Crippen molar-refractivity contribution in [2.75, 3.05) is 13.1 Å². The van der Waals surface area contributed by atoms with Gasteiger partial charge in [0.05, 0.1) is 13.1 Å². The molecule has 0 bridgehead atoms. The number of alkyl halides is 2. The molecule has 5 rings (SSSR count). The second-order valence-corrected chi connectivity index (χ2v) is 8.75. The zero-order chi connectivity index (χ0) is 25.4. The van der Waals surface area contributed by atoms with Crippen LogP contribution in [-0.4, -0.2) is 53.0 Å². The molecule has 7 nitrogen and oxygen atoms in total. The number of hydrogen-bond acceptors (Lipinski definition) is 4. The van der Waals surface area contributed by atoms with Crippen LogP contribution in [0.15, 0.2) is 72.8 Å². The summed E-state index contributed by atoms with van der Waals surface area (Å²) in [7, 11) is 0. The number of ether oxygens (including phenoxy) is 1. The van der Waals surface area contributed by atoms with Crippen molar-refractivity contribution < 1.29 is 33.0 Å². The SMILES string of the molecule is O=C(NCC(=O)N1C[C@H](Oc2ccccc2)C[C@H]1C(=O)O)c1ccc2c(c1)-c1ccccc1C2(F)F. The number of carboxylic acids is 1. The lowest BCUT2D eigenvalue weighted by molar-refractivity contribution is -0.147. The molecule has 2 aliphatic rings. The number of amides is 2. The maximum atomic E-state index is 14.8. The number of para-hydroxylation sites is 1. The molecule has 2 N–H and O–H groups in total. The largest absolute Gasteiger partial charge is 0.488 e. The second kappa shape index (κ2) is 9.07. The minimum Gasteiger partial charge on any atom is -0.488 e.